The van der Waals surface area contributed by atoms with Gasteiger partial charge < -0.3 is 5.32 Å². The molecule has 2 aliphatic rings. The van der Waals surface area contributed by atoms with Crippen molar-refractivity contribution in [2.75, 3.05) is 0 Å². The van der Waals surface area contributed by atoms with Gasteiger partial charge in [0.1, 0.15) is 0 Å². The van der Waals surface area contributed by atoms with E-state index in [9.17, 15) is 4.79 Å². The molecule has 1 aliphatic heterocycles. The van der Waals surface area contributed by atoms with Gasteiger partial charge in [0, 0.05) is 12.5 Å². The van der Waals surface area contributed by atoms with Crippen LogP contribution in [0.1, 0.15) is 19.3 Å². The molecular formula is C8H9N2O. The smallest absolute Gasteiger partial charge is 0.220 e. The van der Waals surface area contributed by atoms with E-state index in [0.717, 1.165) is 12.8 Å². The van der Waals surface area contributed by atoms with E-state index < -0.39 is 0 Å². The molecule has 2 unspecified atom stereocenters. The molecule has 1 saturated carbocycles. The van der Waals surface area contributed by atoms with Crippen LogP contribution in [0.3, 0.4) is 0 Å². The average Bonchev–Trinajstić information content (AvgIpc) is 2.70. The summed E-state index contributed by atoms with van der Waals surface area (Å²) in [5.41, 5.74) is -0.299. The molecule has 1 heterocycles. The Morgan fingerprint density at radius 2 is 2.55 bits per heavy atom. The van der Waals surface area contributed by atoms with Crippen molar-refractivity contribution in [2.45, 2.75) is 25.3 Å². The first-order chi connectivity index (χ1) is 5.27. The van der Waals surface area contributed by atoms with E-state index in [-0.39, 0.29) is 17.4 Å². The fourth-order valence-corrected chi connectivity index (χ4v) is 1.56. The molecule has 3 heteroatoms. The summed E-state index contributed by atoms with van der Waals surface area (Å²) in [6.45, 7) is 0. The standard InChI is InChI=1S/C8H9N2O/c9-5-8(3-4-8)6-1-2-7(11)10-6/h3,6H,1-2,4H2,(H,10,11). The zero-order chi connectivity index (χ0) is 7.90. The van der Waals surface area contributed by atoms with Crippen molar-refractivity contribution >= 4 is 5.91 Å². The lowest BCUT2D eigenvalue weighted by Crippen LogP contribution is -2.33. The average molecular weight is 149 g/mol. The molecular weight excluding hydrogens is 140 g/mol. The Kier molecular flexibility index (Phi) is 1.19. The minimum absolute atomic E-state index is 0.0879. The van der Waals surface area contributed by atoms with Crippen LogP contribution >= 0.6 is 0 Å². The van der Waals surface area contributed by atoms with Crippen LogP contribution in [0.25, 0.3) is 0 Å². The molecule has 0 spiro atoms. The molecule has 1 saturated heterocycles. The second-order valence-corrected chi connectivity index (χ2v) is 3.22. The number of nitrogens with one attached hydrogen (secondary N) is 1. The van der Waals surface area contributed by atoms with Crippen molar-refractivity contribution in [1.29, 1.82) is 5.26 Å². The largest absolute Gasteiger partial charge is 0.352 e. The van der Waals surface area contributed by atoms with Crippen LogP contribution in [0.4, 0.5) is 0 Å². The Hall–Kier alpha value is -1.04. The second-order valence-electron chi connectivity index (χ2n) is 3.22. The maximum Gasteiger partial charge on any atom is 0.220 e. The molecule has 1 N–H and O–H groups in total. The number of carbonyl (C=O) groups is 1. The highest BCUT2D eigenvalue weighted by Crippen LogP contribution is 2.49. The third-order valence-corrected chi connectivity index (χ3v) is 2.47. The molecule has 0 bridgehead atoms. The quantitative estimate of drug-likeness (QED) is 0.586. The molecule has 11 heavy (non-hydrogen) atoms. The molecule has 1 radical (unpaired) electrons. The van der Waals surface area contributed by atoms with Gasteiger partial charge in [-0.3, -0.25) is 4.79 Å². The molecule has 2 fully saturated rings. The van der Waals surface area contributed by atoms with Crippen LogP contribution in [-0.2, 0) is 4.79 Å². The summed E-state index contributed by atoms with van der Waals surface area (Å²) < 4.78 is 0. The fraction of sp³-hybridized carbons (Fsp3) is 0.625. The van der Waals surface area contributed by atoms with E-state index in [4.69, 9.17) is 5.26 Å². The van der Waals surface area contributed by atoms with Gasteiger partial charge in [0.15, 0.2) is 0 Å². The van der Waals surface area contributed by atoms with E-state index in [2.05, 4.69) is 11.4 Å². The molecule has 3 nitrogen and oxygen atoms in total. The zero-order valence-electron chi connectivity index (χ0n) is 6.13. The molecule has 2 atom stereocenters. The van der Waals surface area contributed by atoms with Gasteiger partial charge in [-0.25, -0.2) is 0 Å². The number of rotatable bonds is 1. The predicted octanol–water partition coefficient (Wildman–Crippen LogP) is 0.383. The number of carbonyl (C=O) groups excluding carboxylic acids is 1. The number of amides is 1. The Labute approximate surface area is 65.4 Å². The molecule has 0 aromatic heterocycles. The van der Waals surface area contributed by atoms with Crippen molar-refractivity contribution in [3.8, 4) is 6.07 Å². The third-order valence-electron chi connectivity index (χ3n) is 2.47. The van der Waals surface area contributed by atoms with Crippen molar-refractivity contribution in [3.05, 3.63) is 6.42 Å². The maximum absolute atomic E-state index is 10.8. The summed E-state index contributed by atoms with van der Waals surface area (Å²) in [5, 5.41) is 11.6. The van der Waals surface area contributed by atoms with Crippen molar-refractivity contribution < 1.29 is 4.79 Å². The summed E-state index contributed by atoms with van der Waals surface area (Å²) in [6.07, 6.45) is 4.22. The van der Waals surface area contributed by atoms with Crippen LogP contribution in [-0.4, -0.2) is 11.9 Å². The molecule has 0 aromatic rings. The number of hydrogen-bond acceptors (Lipinski definition) is 2. The molecule has 1 aliphatic carbocycles. The summed E-state index contributed by atoms with van der Waals surface area (Å²) in [7, 11) is 0. The molecule has 1 amide bonds. The van der Waals surface area contributed by atoms with Gasteiger partial charge in [0.2, 0.25) is 5.91 Å². The minimum Gasteiger partial charge on any atom is -0.352 e. The summed E-state index contributed by atoms with van der Waals surface area (Å²) >= 11 is 0. The number of nitrogens with zero attached hydrogens (tertiary/aromatic N) is 1. The Morgan fingerprint density at radius 3 is 2.91 bits per heavy atom. The normalized spacial score (nSPS) is 32.6. The number of hydrogen-bond donors (Lipinski definition) is 1. The van der Waals surface area contributed by atoms with Gasteiger partial charge >= 0.3 is 0 Å². The van der Waals surface area contributed by atoms with Gasteiger partial charge in [-0.2, -0.15) is 5.26 Å². The fourth-order valence-electron chi connectivity index (χ4n) is 1.56. The topological polar surface area (TPSA) is 52.9 Å². The highest BCUT2D eigenvalue weighted by Gasteiger charge is 2.52. The Morgan fingerprint density at radius 1 is 1.82 bits per heavy atom. The number of nitriles is 1. The van der Waals surface area contributed by atoms with Crippen molar-refractivity contribution in [3.63, 3.8) is 0 Å². The highest BCUT2D eigenvalue weighted by molar-refractivity contribution is 5.79. The van der Waals surface area contributed by atoms with Gasteiger partial charge in [-0.05, 0) is 19.3 Å². The van der Waals surface area contributed by atoms with Gasteiger partial charge in [-0.15, -0.1) is 0 Å². The van der Waals surface area contributed by atoms with Gasteiger partial charge in [-0.1, -0.05) is 0 Å². The SMILES string of the molecule is N#CC1(C2CCC(=O)N2)[CH]C1. The first kappa shape index (κ1) is 6.66. The molecule has 0 aromatic carbocycles. The lowest BCUT2D eigenvalue weighted by Gasteiger charge is -2.13. The highest BCUT2D eigenvalue weighted by atomic mass is 16.1. The molecule has 57 valence electrons. The second kappa shape index (κ2) is 1.97. The van der Waals surface area contributed by atoms with E-state index in [1.165, 1.54) is 0 Å². The Balaban J connectivity index is 2.08. The van der Waals surface area contributed by atoms with E-state index in [0.29, 0.717) is 6.42 Å². The van der Waals surface area contributed by atoms with Crippen molar-refractivity contribution in [2.24, 2.45) is 5.41 Å². The van der Waals surface area contributed by atoms with E-state index >= 15 is 0 Å². The molecule has 2 rings (SSSR count). The van der Waals surface area contributed by atoms with Crippen LogP contribution in [0, 0.1) is 23.2 Å². The third kappa shape index (κ3) is 0.900. The van der Waals surface area contributed by atoms with Crippen LogP contribution in [0.5, 0.6) is 0 Å². The lowest BCUT2D eigenvalue weighted by molar-refractivity contribution is -0.119. The lowest BCUT2D eigenvalue weighted by atomic mass is 9.97. The zero-order valence-corrected chi connectivity index (χ0v) is 6.13. The summed E-state index contributed by atoms with van der Waals surface area (Å²) in [5.74, 6) is 0.0879. The van der Waals surface area contributed by atoms with Crippen molar-refractivity contribution in [1.82, 2.24) is 5.32 Å². The summed E-state index contributed by atoms with van der Waals surface area (Å²) in [4.78, 5) is 10.8. The van der Waals surface area contributed by atoms with E-state index in [1.54, 1.807) is 0 Å². The monoisotopic (exact) mass is 149 g/mol. The Bertz CT molecular complexity index is 237. The first-order valence-corrected chi connectivity index (χ1v) is 3.82. The van der Waals surface area contributed by atoms with Crippen LogP contribution in [0.15, 0.2) is 0 Å². The van der Waals surface area contributed by atoms with Crippen LogP contribution in [0.2, 0.25) is 0 Å². The maximum atomic E-state index is 10.8. The van der Waals surface area contributed by atoms with E-state index in [1.807, 2.05) is 6.42 Å². The van der Waals surface area contributed by atoms with Crippen LogP contribution < -0.4 is 5.32 Å². The predicted molar refractivity (Wildman–Crippen MR) is 38.1 cm³/mol. The van der Waals surface area contributed by atoms with Gasteiger partial charge in [0.25, 0.3) is 0 Å². The van der Waals surface area contributed by atoms with Gasteiger partial charge in [0.05, 0.1) is 11.5 Å². The minimum atomic E-state index is -0.299. The summed E-state index contributed by atoms with van der Waals surface area (Å²) in [6, 6.07) is 2.34. The first-order valence-electron chi connectivity index (χ1n) is 3.82.